The highest BCUT2D eigenvalue weighted by Gasteiger charge is 2.19. The first-order valence-electron chi connectivity index (χ1n) is 5.79. The van der Waals surface area contributed by atoms with Crippen LogP contribution in [-0.2, 0) is 0 Å². The summed E-state index contributed by atoms with van der Waals surface area (Å²) in [5.41, 5.74) is 2.04. The van der Waals surface area contributed by atoms with Crippen molar-refractivity contribution in [2.75, 3.05) is 12.4 Å². The normalized spacial score (nSPS) is 10.8. The molecule has 0 amide bonds. The molecule has 8 heteroatoms. The van der Waals surface area contributed by atoms with Gasteiger partial charge in [-0.15, -0.1) is 0 Å². The molecule has 0 spiro atoms. The molecule has 6 nitrogen and oxygen atoms in total. The van der Waals surface area contributed by atoms with E-state index < -0.39 is 5.82 Å². The summed E-state index contributed by atoms with van der Waals surface area (Å²) in [5, 5.41) is 7.75. The van der Waals surface area contributed by atoms with E-state index in [1.54, 1.807) is 7.05 Å². The Labute approximate surface area is 117 Å². The number of rotatable bonds is 3. The zero-order chi connectivity index (χ0) is 14.1. The standard InChI is InChI=1S/C12H10FN5OS/c1-6-9(12(14-2)20-18-6)11-16-10(17-19-11)8-4-3-7(13)5-15-8/h3-5,14H,1-2H3. The third-order valence-corrected chi connectivity index (χ3v) is 3.64. The van der Waals surface area contributed by atoms with Gasteiger partial charge in [0.1, 0.15) is 16.5 Å². The van der Waals surface area contributed by atoms with Crippen LogP contribution in [-0.4, -0.2) is 26.5 Å². The molecule has 1 N–H and O–H groups in total. The van der Waals surface area contributed by atoms with Gasteiger partial charge in [-0.2, -0.15) is 9.36 Å². The van der Waals surface area contributed by atoms with Crippen molar-refractivity contribution in [2.24, 2.45) is 0 Å². The number of pyridine rings is 1. The molecule has 0 atom stereocenters. The van der Waals surface area contributed by atoms with Crippen molar-refractivity contribution in [2.45, 2.75) is 6.92 Å². The van der Waals surface area contributed by atoms with Crippen LogP contribution in [0, 0.1) is 12.7 Å². The summed E-state index contributed by atoms with van der Waals surface area (Å²) in [5.74, 6) is 0.266. The maximum absolute atomic E-state index is 12.8. The topological polar surface area (TPSA) is 76.7 Å². The van der Waals surface area contributed by atoms with Crippen LogP contribution in [0.3, 0.4) is 0 Å². The number of halogens is 1. The van der Waals surface area contributed by atoms with Crippen LogP contribution in [0.15, 0.2) is 22.9 Å². The third-order valence-electron chi connectivity index (χ3n) is 2.69. The lowest BCUT2D eigenvalue weighted by molar-refractivity contribution is 0.432. The fourth-order valence-electron chi connectivity index (χ4n) is 1.73. The molecule has 20 heavy (non-hydrogen) atoms. The maximum atomic E-state index is 12.8. The summed E-state index contributed by atoms with van der Waals surface area (Å²) in [6, 6.07) is 2.80. The molecule has 3 aromatic heterocycles. The first kappa shape index (κ1) is 12.7. The van der Waals surface area contributed by atoms with E-state index >= 15 is 0 Å². The number of hydrogen-bond acceptors (Lipinski definition) is 7. The monoisotopic (exact) mass is 291 g/mol. The Morgan fingerprint density at radius 3 is 2.90 bits per heavy atom. The zero-order valence-corrected chi connectivity index (χ0v) is 11.5. The van der Waals surface area contributed by atoms with Crippen molar-refractivity contribution < 1.29 is 8.91 Å². The molecule has 0 aliphatic rings. The third kappa shape index (κ3) is 2.14. The van der Waals surface area contributed by atoms with E-state index in [1.807, 2.05) is 6.92 Å². The second-order valence-electron chi connectivity index (χ2n) is 4.01. The molecule has 0 saturated carbocycles. The van der Waals surface area contributed by atoms with Gasteiger partial charge in [0.2, 0.25) is 5.82 Å². The van der Waals surface area contributed by atoms with Crippen LogP contribution < -0.4 is 5.32 Å². The molecule has 102 valence electrons. The molecule has 0 saturated heterocycles. The van der Waals surface area contributed by atoms with Gasteiger partial charge in [-0.25, -0.2) is 9.37 Å². The minimum Gasteiger partial charge on any atom is -0.378 e. The molecular formula is C12H10FN5OS. The quantitative estimate of drug-likeness (QED) is 0.799. The van der Waals surface area contributed by atoms with E-state index in [2.05, 4.69) is 24.8 Å². The summed E-state index contributed by atoms with van der Waals surface area (Å²) in [7, 11) is 1.80. The predicted molar refractivity (Wildman–Crippen MR) is 72.9 cm³/mol. The Bertz CT molecular complexity index is 737. The first-order valence-corrected chi connectivity index (χ1v) is 6.56. The number of hydrogen-bond donors (Lipinski definition) is 1. The number of nitrogens with zero attached hydrogens (tertiary/aromatic N) is 4. The first-order chi connectivity index (χ1) is 9.69. The van der Waals surface area contributed by atoms with Crippen LogP contribution in [0.5, 0.6) is 0 Å². The average molecular weight is 291 g/mol. The highest BCUT2D eigenvalue weighted by molar-refractivity contribution is 7.10. The van der Waals surface area contributed by atoms with Gasteiger partial charge >= 0.3 is 0 Å². The summed E-state index contributed by atoms with van der Waals surface area (Å²) in [4.78, 5) is 8.21. The van der Waals surface area contributed by atoms with Crippen LogP contribution >= 0.6 is 11.5 Å². The van der Waals surface area contributed by atoms with Crippen molar-refractivity contribution in [3.05, 3.63) is 29.8 Å². The smallest absolute Gasteiger partial charge is 0.263 e. The minimum atomic E-state index is -0.409. The lowest BCUT2D eigenvalue weighted by atomic mass is 10.2. The van der Waals surface area contributed by atoms with Gasteiger partial charge in [0.25, 0.3) is 5.89 Å². The lowest BCUT2D eigenvalue weighted by Gasteiger charge is -1.96. The summed E-state index contributed by atoms with van der Waals surface area (Å²) in [6.45, 7) is 1.87. The summed E-state index contributed by atoms with van der Waals surface area (Å²) in [6.07, 6.45) is 1.11. The van der Waals surface area contributed by atoms with Crippen molar-refractivity contribution >= 4 is 16.5 Å². The molecule has 3 rings (SSSR count). The number of anilines is 1. The largest absolute Gasteiger partial charge is 0.378 e. The molecule has 0 bridgehead atoms. The summed E-state index contributed by atoms with van der Waals surface area (Å²) >= 11 is 1.32. The second-order valence-corrected chi connectivity index (χ2v) is 4.78. The van der Waals surface area contributed by atoms with E-state index in [-0.39, 0.29) is 0 Å². The molecule has 0 aliphatic carbocycles. The average Bonchev–Trinajstić information content (AvgIpc) is 3.05. The van der Waals surface area contributed by atoms with Gasteiger partial charge in [0.15, 0.2) is 0 Å². The number of aryl methyl sites for hydroxylation is 1. The second kappa shape index (κ2) is 4.97. The summed E-state index contributed by atoms with van der Waals surface area (Å²) < 4.78 is 22.3. The van der Waals surface area contributed by atoms with Crippen molar-refractivity contribution in [3.8, 4) is 23.0 Å². The SMILES string of the molecule is CNc1snc(C)c1-c1nc(-c2ccc(F)cn2)no1. The van der Waals surface area contributed by atoms with E-state index in [0.29, 0.717) is 17.4 Å². The van der Waals surface area contributed by atoms with Gasteiger partial charge in [0, 0.05) is 7.05 Å². The molecule has 0 fully saturated rings. The number of nitrogens with one attached hydrogen (secondary N) is 1. The Morgan fingerprint density at radius 2 is 2.20 bits per heavy atom. The molecule has 3 aromatic rings. The highest BCUT2D eigenvalue weighted by atomic mass is 32.1. The van der Waals surface area contributed by atoms with Gasteiger partial charge < -0.3 is 9.84 Å². The van der Waals surface area contributed by atoms with Gasteiger partial charge in [-0.05, 0) is 30.6 Å². The Morgan fingerprint density at radius 1 is 1.35 bits per heavy atom. The molecule has 3 heterocycles. The van der Waals surface area contributed by atoms with E-state index in [0.717, 1.165) is 22.5 Å². The van der Waals surface area contributed by atoms with Crippen molar-refractivity contribution in [1.82, 2.24) is 19.5 Å². The Balaban J connectivity index is 2.02. The van der Waals surface area contributed by atoms with Gasteiger partial charge in [-0.1, -0.05) is 5.16 Å². The van der Waals surface area contributed by atoms with Crippen molar-refractivity contribution in [1.29, 1.82) is 0 Å². The number of aromatic nitrogens is 4. The van der Waals surface area contributed by atoms with Gasteiger partial charge in [-0.3, -0.25) is 0 Å². The molecular weight excluding hydrogens is 281 g/mol. The van der Waals surface area contributed by atoms with Crippen LogP contribution in [0.1, 0.15) is 5.69 Å². The zero-order valence-electron chi connectivity index (χ0n) is 10.7. The predicted octanol–water partition coefficient (Wildman–Crippen LogP) is 2.74. The van der Waals surface area contributed by atoms with E-state index in [1.165, 1.54) is 23.7 Å². The Hall–Kier alpha value is -2.35. The maximum Gasteiger partial charge on any atom is 0.263 e. The van der Waals surface area contributed by atoms with Crippen LogP contribution in [0.25, 0.3) is 23.0 Å². The van der Waals surface area contributed by atoms with E-state index in [9.17, 15) is 4.39 Å². The Kier molecular flexibility index (Phi) is 3.15. The molecule has 0 aromatic carbocycles. The van der Waals surface area contributed by atoms with Crippen molar-refractivity contribution in [3.63, 3.8) is 0 Å². The van der Waals surface area contributed by atoms with E-state index in [4.69, 9.17) is 4.52 Å². The van der Waals surface area contributed by atoms with Gasteiger partial charge in [0.05, 0.1) is 17.5 Å². The highest BCUT2D eigenvalue weighted by Crippen LogP contribution is 2.33. The van der Waals surface area contributed by atoms with Crippen LogP contribution in [0.2, 0.25) is 0 Å². The van der Waals surface area contributed by atoms with Crippen LogP contribution in [0.4, 0.5) is 9.39 Å². The minimum absolute atomic E-state index is 0.313. The molecule has 0 radical (unpaired) electrons. The fraction of sp³-hybridized carbons (Fsp3) is 0.167. The molecule has 0 aliphatic heterocycles. The molecule has 0 unspecified atom stereocenters. The fourth-order valence-corrected chi connectivity index (χ4v) is 2.47. The lowest BCUT2D eigenvalue weighted by Crippen LogP contribution is -1.89.